The summed E-state index contributed by atoms with van der Waals surface area (Å²) in [4.78, 5) is 0. The Bertz CT molecular complexity index is 2830. The van der Waals surface area contributed by atoms with Gasteiger partial charge in [0.15, 0.2) is 0 Å². The van der Waals surface area contributed by atoms with Crippen LogP contribution in [0.2, 0.25) is 0 Å². The zero-order valence-corrected chi connectivity index (χ0v) is 21.6. The molecule has 190 valence electrons. The van der Waals surface area contributed by atoms with Gasteiger partial charge in [-0.15, -0.1) is 0 Å². The Morgan fingerprint density at radius 2 is 1.00 bits per heavy atom. The summed E-state index contributed by atoms with van der Waals surface area (Å²) in [6, 6.07) is 27.8. The maximum atomic E-state index is 9.31. The SMILES string of the molecule is [2H]c1c([2H])c([2H])c2c(-c3cc4oc5ccc6ccccc6c5c4c4ccccc34)c3c([2H])c([2H])c([2H])c([2H])c3c(-c3ccccc3)c2c1[2H]. The van der Waals surface area contributed by atoms with E-state index in [1.807, 2.05) is 60.7 Å². The van der Waals surface area contributed by atoms with E-state index >= 15 is 0 Å². The molecule has 0 unspecified atom stereocenters. The van der Waals surface area contributed by atoms with Crippen molar-refractivity contribution < 1.29 is 15.4 Å². The molecule has 0 amide bonds. The van der Waals surface area contributed by atoms with Crippen molar-refractivity contribution in [3.8, 4) is 22.3 Å². The molecular weight excluding hydrogens is 496 g/mol. The topological polar surface area (TPSA) is 13.1 Å². The number of fused-ring (bicyclic) bond motifs is 9. The molecule has 0 bridgehead atoms. The van der Waals surface area contributed by atoms with Crippen LogP contribution in [0.1, 0.15) is 11.0 Å². The molecule has 0 spiro atoms. The zero-order valence-electron chi connectivity index (χ0n) is 29.6. The van der Waals surface area contributed by atoms with Gasteiger partial charge in [0.25, 0.3) is 0 Å². The van der Waals surface area contributed by atoms with Crippen LogP contribution < -0.4 is 0 Å². The average molecular weight is 529 g/mol. The summed E-state index contributed by atoms with van der Waals surface area (Å²) in [6.07, 6.45) is 0. The molecule has 1 heterocycles. The second-order valence-electron chi connectivity index (χ2n) is 10.2. The summed E-state index contributed by atoms with van der Waals surface area (Å²) in [7, 11) is 0. The number of hydrogen-bond donors (Lipinski definition) is 0. The fraction of sp³-hybridized carbons (Fsp3) is 0. The van der Waals surface area contributed by atoms with Crippen molar-refractivity contribution in [2.45, 2.75) is 0 Å². The first-order valence-electron chi connectivity index (χ1n) is 17.5. The summed E-state index contributed by atoms with van der Waals surface area (Å²) in [5.74, 6) is 0. The largest absolute Gasteiger partial charge is 0.456 e. The molecule has 0 fully saturated rings. The molecule has 0 saturated heterocycles. The van der Waals surface area contributed by atoms with Crippen LogP contribution in [0.3, 0.4) is 0 Å². The summed E-state index contributed by atoms with van der Waals surface area (Å²) in [5.41, 5.74) is 2.98. The number of benzene rings is 8. The fourth-order valence-electron chi connectivity index (χ4n) is 6.40. The van der Waals surface area contributed by atoms with Crippen LogP contribution in [-0.2, 0) is 0 Å². The van der Waals surface area contributed by atoms with Crippen molar-refractivity contribution in [1.29, 1.82) is 0 Å². The number of hydrogen-bond acceptors (Lipinski definition) is 1. The van der Waals surface area contributed by atoms with Gasteiger partial charge < -0.3 is 4.42 Å². The molecule has 0 aliphatic carbocycles. The van der Waals surface area contributed by atoms with Gasteiger partial charge in [-0.05, 0) is 77.5 Å². The van der Waals surface area contributed by atoms with Crippen LogP contribution >= 0.6 is 0 Å². The Labute approximate surface area is 248 Å². The Kier molecular flexibility index (Phi) is 3.34. The minimum absolute atomic E-state index is 0.174. The fourth-order valence-corrected chi connectivity index (χ4v) is 6.40. The average Bonchev–Trinajstić information content (AvgIpc) is 3.53. The normalized spacial score (nSPS) is 14.6. The first-order chi connectivity index (χ1) is 23.7. The van der Waals surface area contributed by atoms with Crippen LogP contribution in [0.5, 0.6) is 0 Å². The first kappa shape index (κ1) is 16.0. The van der Waals surface area contributed by atoms with Gasteiger partial charge in [-0.1, -0.05) is 133 Å². The lowest BCUT2D eigenvalue weighted by Crippen LogP contribution is -1.91. The van der Waals surface area contributed by atoms with Gasteiger partial charge in [-0.3, -0.25) is 0 Å². The van der Waals surface area contributed by atoms with Crippen molar-refractivity contribution >= 4 is 65.0 Å². The maximum absolute atomic E-state index is 9.31. The van der Waals surface area contributed by atoms with Crippen LogP contribution in [0, 0.1) is 0 Å². The lowest BCUT2D eigenvalue weighted by atomic mass is 9.84. The lowest BCUT2D eigenvalue weighted by Gasteiger charge is -2.19. The van der Waals surface area contributed by atoms with Gasteiger partial charge >= 0.3 is 0 Å². The highest BCUT2D eigenvalue weighted by Gasteiger charge is 2.21. The molecule has 0 aliphatic heterocycles. The van der Waals surface area contributed by atoms with Crippen LogP contribution in [0.15, 0.2) is 150 Å². The third-order valence-corrected chi connectivity index (χ3v) is 8.08. The minimum atomic E-state index is -0.432. The predicted molar refractivity (Wildman–Crippen MR) is 175 cm³/mol. The van der Waals surface area contributed by atoms with Crippen molar-refractivity contribution in [2.24, 2.45) is 0 Å². The molecule has 1 aromatic heterocycles. The van der Waals surface area contributed by atoms with Crippen molar-refractivity contribution in [1.82, 2.24) is 0 Å². The molecule has 1 heteroatoms. The summed E-state index contributed by atoms with van der Waals surface area (Å²) < 4.78 is 78.5. The molecule has 0 N–H and O–H groups in total. The molecule has 9 rings (SSSR count). The second kappa shape index (κ2) is 8.55. The van der Waals surface area contributed by atoms with E-state index in [4.69, 9.17) is 9.90 Å². The molecule has 8 aromatic carbocycles. The third kappa shape index (κ3) is 3.18. The van der Waals surface area contributed by atoms with E-state index in [1.54, 1.807) is 24.3 Å². The highest BCUT2D eigenvalue weighted by atomic mass is 16.3. The molecule has 0 saturated carbocycles. The maximum Gasteiger partial charge on any atom is 0.136 e. The minimum Gasteiger partial charge on any atom is -0.456 e. The summed E-state index contributed by atoms with van der Waals surface area (Å²) >= 11 is 0. The Hall–Kier alpha value is -5.40. The number of rotatable bonds is 2. The Balaban J connectivity index is 1.60. The summed E-state index contributed by atoms with van der Waals surface area (Å²) in [6.45, 7) is 0. The summed E-state index contributed by atoms with van der Waals surface area (Å²) in [5, 5.41) is 6.25. The van der Waals surface area contributed by atoms with Crippen molar-refractivity contribution in [3.05, 3.63) is 145 Å². The number of furan rings is 1. The third-order valence-electron chi connectivity index (χ3n) is 8.08. The molecule has 9 aromatic rings. The molecule has 41 heavy (non-hydrogen) atoms. The molecular formula is C40H24O. The van der Waals surface area contributed by atoms with Crippen LogP contribution in [0.4, 0.5) is 0 Å². The zero-order chi connectivity index (χ0) is 33.9. The van der Waals surface area contributed by atoms with Crippen molar-refractivity contribution in [2.75, 3.05) is 0 Å². The van der Waals surface area contributed by atoms with Gasteiger partial charge in [0, 0.05) is 10.8 Å². The van der Waals surface area contributed by atoms with Gasteiger partial charge in [0.05, 0.1) is 11.0 Å². The van der Waals surface area contributed by atoms with E-state index in [1.165, 1.54) is 0 Å². The van der Waals surface area contributed by atoms with E-state index in [2.05, 4.69) is 12.1 Å². The van der Waals surface area contributed by atoms with Gasteiger partial charge in [0.1, 0.15) is 11.2 Å². The Morgan fingerprint density at radius 1 is 0.439 bits per heavy atom. The monoisotopic (exact) mass is 528 g/mol. The van der Waals surface area contributed by atoms with Crippen LogP contribution in [-0.4, -0.2) is 0 Å². The van der Waals surface area contributed by atoms with Gasteiger partial charge in [-0.25, -0.2) is 0 Å². The second-order valence-corrected chi connectivity index (χ2v) is 10.2. The van der Waals surface area contributed by atoms with E-state index in [9.17, 15) is 5.48 Å². The van der Waals surface area contributed by atoms with E-state index in [-0.39, 0.29) is 45.7 Å². The Morgan fingerprint density at radius 3 is 1.71 bits per heavy atom. The molecule has 0 radical (unpaired) electrons. The van der Waals surface area contributed by atoms with Gasteiger partial charge in [-0.2, -0.15) is 0 Å². The smallest absolute Gasteiger partial charge is 0.136 e. The molecule has 0 atom stereocenters. The van der Waals surface area contributed by atoms with Crippen LogP contribution in [0.25, 0.3) is 87.3 Å². The molecule has 0 aliphatic rings. The van der Waals surface area contributed by atoms with E-state index < -0.39 is 24.2 Å². The standard InChI is InChI=1S/C40H24O/c1-2-13-26(14-3-1)37-30-18-8-10-20-32(30)38(33-21-11-9-19-31(33)37)34-24-36-40(29-17-7-6-16-28(29)34)39-27-15-5-4-12-25(27)22-23-35(39)41-36/h1-24H/i8D,9D,10D,11D,18D,19D,20D,21D. The quantitative estimate of drug-likeness (QED) is 0.203. The highest BCUT2D eigenvalue weighted by Crippen LogP contribution is 2.48. The van der Waals surface area contributed by atoms with E-state index in [0.29, 0.717) is 33.4 Å². The molecule has 1 nitrogen and oxygen atoms in total. The first-order valence-corrected chi connectivity index (χ1v) is 13.5. The van der Waals surface area contributed by atoms with Gasteiger partial charge in [0.2, 0.25) is 0 Å². The highest BCUT2D eigenvalue weighted by molar-refractivity contribution is 6.30. The van der Waals surface area contributed by atoms with E-state index in [0.717, 1.165) is 32.3 Å². The predicted octanol–water partition coefficient (Wildman–Crippen LogP) is 11.5. The van der Waals surface area contributed by atoms with Crippen molar-refractivity contribution in [3.63, 3.8) is 0 Å². The lowest BCUT2D eigenvalue weighted by molar-refractivity contribution is 0.669.